The van der Waals surface area contributed by atoms with Crippen LogP contribution < -0.4 is 5.56 Å². The Hall–Kier alpha value is -4.57. The van der Waals surface area contributed by atoms with Gasteiger partial charge in [-0.25, -0.2) is 14.4 Å². The fourth-order valence-electron chi connectivity index (χ4n) is 4.73. The number of hydrogen-bond acceptors (Lipinski definition) is 7. The topological polar surface area (TPSA) is 120 Å². The van der Waals surface area contributed by atoms with Gasteiger partial charge < -0.3 is 14.4 Å². The van der Waals surface area contributed by atoms with Crippen molar-refractivity contribution in [3.8, 4) is 5.69 Å². The third-order valence-electron chi connectivity index (χ3n) is 6.71. The average Bonchev–Trinajstić information content (AvgIpc) is 3.59. The highest BCUT2D eigenvalue weighted by molar-refractivity contribution is 6.31. The molecule has 1 N–H and O–H groups in total. The van der Waals surface area contributed by atoms with E-state index >= 15 is 0 Å². The van der Waals surface area contributed by atoms with E-state index in [9.17, 15) is 14.0 Å². The zero-order valence-corrected chi connectivity index (χ0v) is 21.8. The van der Waals surface area contributed by atoms with Gasteiger partial charge in [0, 0.05) is 35.9 Å². The van der Waals surface area contributed by atoms with Gasteiger partial charge in [0.15, 0.2) is 5.58 Å². The van der Waals surface area contributed by atoms with Gasteiger partial charge in [0.05, 0.1) is 22.3 Å². The Morgan fingerprint density at radius 3 is 2.67 bits per heavy atom. The lowest BCUT2D eigenvalue weighted by Gasteiger charge is -2.14. The van der Waals surface area contributed by atoms with Crippen molar-refractivity contribution in [1.82, 2.24) is 14.5 Å². The maximum absolute atomic E-state index is 13.6. The average molecular weight is 561 g/mol. The first-order valence-electron chi connectivity index (χ1n) is 12.7. The van der Waals surface area contributed by atoms with Gasteiger partial charge in [0.1, 0.15) is 17.2 Å². The minimum absolute atomic E-state index is 0.0205. The molecule has 0 aliphatic carbocycles. The second-order valence-corrected chi connectivity index (χ2v) is 9.91. The quantitative estimate of drug-likeness (QED) is 0.232. The van der Waals surface area contributed by atoms with Gasteiger partial charge in [-0.3, -0.25) is 14.2 Å². The molecular weight excluding hydrogens is 539 g/mol. The summed E-state index contributed by atoms with van der Waals surface area (Å²) < 4.78 is 20.9. The SMILES string of the molecule is O=C(O)CCCCc1nc2cc(C3=NO[C@H](c4nc5ccc(Cl)cc5o4)C3)ccc2c(=O)n1-c1ccc(F)cc1. The molecule has 0 saturated heterocycles. The molecule has 1 atom stereocenters. The van der Waals surface area contributed by atoms with E-state index in [0.717, 1.165) is 5.56 Å². The second kappa shape index (κ2) is 10.5. The van der Waals surface area contributed by atoms with Crippen LogP contribution in [0.1, 0.15) is 49.1 Å². The normalized spacial score (nSPS) is 14.9. The number of aromatic nitrogens is 3. The number of halogens is 2. The lowest BCUT2D eigenvalue weighted by atomic mass is 10.0. The van der Waals surface area contributed by atoms with Crippen LogP contribution in [0, 0.1) is 5.82 Å². The smallest absolute Gasteiger partial charge is 0.303 e. The Balaban J connectivity index is 1.32. The van der Waals surface area contributed by atoms with Crippen LogP contribution in [0.2, 0.25) is 5.02 Å². The van der Waals surface area contributed by atoms with E-state index in [1.54, 1.807) is 36.4 Å². The monoisotopic (exact) mass is 560 g/mol. The molecular formula is C29H22ClFN4O5. The predicted molar refractivity (Wildman–Crippen MR) is 146 cm³/mol. The molecule has 3 aromatic carbocycles. The van der Waals surface area contributed by atoms with Crippen molar-refractivity contribution in [3.63, 3.8) is 0 Å². The van der Waals surface area contributed by atoms with E-state index in [2.05, 4.69) is 10.1 Å². The summed E-state index contributed by atoms with van der Waals surface area (Å²) in [5, 5.41) is 14.2. The number of fused-ring (bicyclic) bond motifs is 2. The first-order valence-corrected chi connectivity index (χ1v) is 13.1. The molecule has 202 valence electrons. The van der Waals surface area contributed by atoms with Crippen molar-refractivity contribution >= 4 is 45.3 Å². The summed E-state index contributed by atoms with van der Waals surface area (Å²) in [5.74, 6) is -0.454. The van der Waals surface area contributed by atoms with Gasteiger partial charge in [0.25, 0.3) is 5.56 Å². The van der Waals surface area contributed by atoms with E-state index < -0.39 is 17.9 Å². The summed E-state index contributed by atoms with van der Waals surface area (Å²) in [6, 6.07) is 16.0. The van der Waals surface area contributed by atoms with Crippen molar-refractivity contribution in [2.45, 2.75) is 38.2 Å². The van der Waals surface area contributed by atoms with Crippen molar-refractivity contribution in [1.29, 1.82) is 0 Å². The number of aryl methyl sites for hydroxylation is 1. The van der Waals surface area contributed by atoms with E-state index in [0.29, 0.717) is 75.8 Å². The van der Waals surface area contributed by atoms with Gasteiger partial charge in [-0.05, 0) is 61.4 Å². The van der Waals surface area contributed by atoms with E-state index in [-0.39, 0.29) is 12.0 Å². The van der Waals surface area contributed by atoms with Gasteiger partial charge in [0.2, 0.25) is 12.0 Å². The Labute approximate surface area is 231 Å². The van der Waals surface area contributed by atoms with Crippen LogP contribution >= 0.6 is 11.6 Å². The molecule has 11 heteroatoms. The lowest BCUT2D eigenvalue weighted by molar-refractivity contribution is -0.137. The fourth-order valence-corrected chi connectivity index (χ4v) is 4.89. The maximum Gasteiger partial charge on any atom is 0.303 e. The number of carboxylic acids is 1. The van der Waals surface area contributed by atoms with Crippen LogP contribution in [-0.4, -0.2) is 31.3 Å². The molecule has 0 saturated carbocycles. The maximum atomic E-state index is 13.6. The van der Waals surface area contributed by atoms with Crippen molar-refractivity contribution in [3.05, 3.63) is 99.1 Å². The zero-order valence-electron chi connectivity index (χ0n) is 21.0. The molecule has 5 aromatic rings. The minimum Gasteiger partial charge on any atom is -0.481 e. The molecule has 0 spiro atoms. The van der Waals surface area contributed by atoms with E-state index in [1.165, 1.54) is 28.8 Å². The molecule has 40 heavy (non-hydrogen) atoms. The van der Waals surface area contributed by atoms with Crippen LogP contribution in [0.4, 0.5) is 4.39 Å². The molecule has 0 fully saturated rings. The molecule has 9 nitrogen and oxygen atoms in total. The zero-order chi connectivity index (χ0) is 27.8. The first-order chi connectivity index (χ1) is 19.4. The Bertz CT molecular complexity index is 1850. The number of unbranched alkanes of at least 4 members (excludes halogenated alkanes) is 1. The van der Waals surface area contributed by atoms with Gasteiger partial charge in [-0.15, -0.1) is 0 Å². The van der Waals surface area contributed by atoms with Gasteiger partial charge >= 0.3 is 5.97 Å². The standard InChI is InChI=1S/C29H22ClFN4O5/c30-17-6-12-21-24(14-17)39-28(33-21)25-15-22(34-40-25)16-5-11-20-23(13-16)32-26(3-1-2-4-27(36)37)35(29(20)38)19-9-7-18(31)8-10-19/h5-14,25H,1-4,15H2,(H,36,37)/t25-/m0/s1. The van der Waals surface area contributed by atoms with Crippen LogP contribution in [0.5, 0.6) is 0 Å². The molecule has 0 radical (unpaired) electrons. The number of carboxylic acid groups (broad SMARTS) is 1. The Kier molecular flexibility index (Phi) is 6.77. The molecule has 0 bridgehead atoms. The molecule has 1 aliphatic heterocycles. The summed E-state index contributed by atoms with van der Waals surface area (Å²) >= 11 is 6.05. The first kappa shape index (κ1) is 25.7. The summed E-state index contributed by atoms with van der Waals surface area (Å²) in [7, 11) is 0. The number of hydrogen-bond donors (Lipinski definition) is 1. The van der Waals surface area contributed by atoms with Crippen molar-refractivity contribution < 1.29 is 23.5 Å². The molecule has 6 rings (SSSR count). The van der Waals surface area contributed by atoms with E-state index in [4.69, 9.17) is 30.9 Å². The van der Waals surface area contributed by atoms with Crippen LogP contribution in [0.3, 0.4) is 0 Å². The van der Waals surface area contributed by atoms with Crippen LogP contribution in [0.25, 0.3) is 27.7 Å². The van der Waals surface area contributed by atoms with Crippen LogP contribution in [0.15, 0.2) is 75.0 Å². The predicted octanol–water partition coefficient (Wildman–Crippen LogP) is 5.98. The molecule has 0 amide bonds. The molecule has 2 aromatic heterocycles. The largest absolute Gasteiger partial charge is 0.481 e. The number of oxime groups is 1. The highest BCUT2D eigenvalue weighted by atomic mass is 35.5. The highest BCUT2D eigenvalue weighted by Gasteiger charge is 2.29. The number of oxazole rings is 1. The van der Waals surface area contributed by atoms with Crippen molar-refractivity contribution in [2.24, 2.45) is 5.16 Å². The lowest BCUT2D eigenvalue weighted by Crippen LogP contribution is -2.24. The summed E-state index contributed by atoms with van der Waals surface area (Å²) in [6.07, 6.45) is 1.23. The Morgan fingerprint density at radius 1 is 1.05 bits per heavy atom. The number of benzene rings is 3. The van der Waals surface area contributed by atoms with Gasteiger partial charge in [-0.1, -0.05) is 22.8 Å². The molecule has 0 unspecified atom stereocenters. The number of aliphatic carboxylic acids is 1. The Morgan fingerprint density at radius 2 is 1.88 bits per heavy atom. The van der Waals surface area contributed by atoms with Crippen molar-refractivity contribution in [2.75, 3.05) is 0 Å². The molecule has 3 heterocycles. The number of rotatable bonds is 8. The summed E-state index contributed by atoms with van der Waals surface area (Å²) in [4.78, 5) is 39.5. The third kappa shape index (κ3) is 5.05. The van der Waals surface area contributed by atoms with Gasteiger partial charge in [-0.2, -0.15) is 0 Å². The summed E-state index contributed by atoms with van der Waals surface area (Å²) in [6.45, 7) is 0. The highest BCUT2D eigenvalue weighted by Crippen LogP contribution is 2.32. The molecule has 1 aliphatic rings. The van der Waals surface area contributed by atoms with E-state index in [1.807, 2.05) is 0 Å². The minimum atomic E-state index is -0.883. The second-order valence-electron chi connectivity index (χ2n) is 9.48. The number of carbonyl (C=O) groups is 1. The fraction of sp³-hybridized carbons (Fsp3) is 0.207. The third-order valence-corrected chi connectivity index (χ3v) is 6.94. The van der Waals surface area contributed by atoms with Crippen LogP contribution in [-0.2, 0) is 16.1 Å². The number of nitrogens with zero attached hydrogens (tertiary/aromatic N) is 4. The summed E-state index contributed by atoms with van der Waals surface area (Å²) in [5.41, 5.74) is 3.26.